The summed E-state index contributed by atoms with van der Waals surface area (Å²) < 4.78 is 5.86. The first-order chi connectivity index (χ1) is 11.1. The number of rotatable bonds is 3. The molecule has 1 N–H and O–H groups in total. The average molecular weight is 340 g/mol. The van der Waals surface area contributed by atoms with Crippen LogP contribution in [0.4, 0.5) is 0 Å². The summed E-state index contributed by atoms with van der Waals surface area (Å²) in [5.41, 5.74) is 0. The van der Waals surface area contributed by atoms with Crippen molar-refractivity contribution in [1.82, 2.24) is 15.1 Å². The van der Waals surface area contributed by atoms with Gasteiger partial charge in [-0.15, -0.1) is 0 Å². The Morgan fingerprint density at radius 1 is 1.04 bits per heavy atom. The van der Waals surface area contributed by atoms with E-state index >= 15 is 0 Å². The zero-order chi connectivity index (χ0) is 16.2. The maximum atomic E-state index is 5.86. The van der Waals surface area contributed by atoms with Gasteiger partial charge in [0.15, 0.2) is 5.11 Å². The molecule has 2 heterocycles. The minimum Gasteiger partial charge on any atom is -0.373 e. The van der Waals surface area contributed by atoms with Crippen molar-refractivity contribution >= 4 is 17.3 Å². The number of hydrogen-bond donors (Lipinski definition) is 1. The topological polar surface area (TPSA) is 27.7 Å². The lowest BCUT2D eigenvalue weighted by molar-refractivity contribution is -0.0710. The van der Waals surface area contributed by atoms with Crippen molar-refractivity contribution < 1.29 is 4.74 Å². The first-order valence-corrected chi connectivity index (χ1v) is 9.97. The van der Waals surface area contributed by atoms with Crippen LogP contribution in [0.1, 0.15) is 58.8 Å². The van der Waals surface area contributed by atoms with Gasteiger partial charge in [-0.2, -0.15) is 0 Å². The number of morpholine rings is 1. The highest BCUT2D eigenvalue weighted by Gasteiger charge is 2.31. The first kappa shape index (κ1) is 17.4. The zero-order valence-electron chi connectivity index (χ0n) is 14.8. The Kier molecular flexibility index (Phi) is 6.16. The first-order valence-electron chi connectivity index (χ1n) is 9.57. The average Bonchev–Trinajstić information content (AvgIpc) is 2.95. The molecule has 2 saturated heterocycles. The number of likely N-dealkylation sites (tertiary alicyclic amines) is 1. The molecule has 3 aliphatic rings. The van der Waals surface area contributed by atoms with Crippen molar-refractivity contribution in [2.45, 2.75) is 83.1 Å². The summed E-state index contributed by atoms with van der Waals surface area (Å²) in [6, 6.07) is 1.19. The van der Waals surface area contributed by atoms with Crippen molar-refractivity contribution in [2.24, 2.45) is 0 Å². The number of ether oxygens (including phenoxy) is 1. The number of thiocarbonyl (C=S) groups is 1. The van der Waals surface area contributed by atoms with E-state index in [4.69, 9.17) is 17.0 Å². The molecule has 0 aromatic rings. The van der Waals surface area contributed by atoms with Gasteiger partial charge >= 0.3 is 0 Å². The third-order valence-electron chi connectivity index (χ3n) is 5.53. The molecule has 0 bridgehead atoms. The normalized spacial score (nSPS) is 33.8. The summed E-state index contributed by atoms with van der Waals surface area (Å²) in [5.74, 6) is 0. The molecule has 2 aliphatic heterocycles. The van der Waals surface area contributed by atoms with E-state index < -0.39 is 0 Å². The Hall–Kier alpha value is -0.390. The second-order valence-corrected chi connectivity index (χ2v) is 8.14. The third kappa shape index (κ3) is 4.80. The number of nitrogens with one attached hydrogen (secondary N) is 1. The summed E-state index contributed by atoms with van der Waals surface area (Å²) >= 11 is 5.76. The molecule has 0 aromatic heterocycles. The predicted molar refractivity (Wildman–Crippen MR) is 98.8 cm³/mol. The van der Waals surface area contributed by atoms with Gasteiger partial charge in [0, 0.05) is 38.3 Å². The third-order valence-corrected chi connectivity index (χ3v) is 5.89. The van der Waals surface area contributed by atoms with Gasteiger partial charge in [0.1, 0.15) is 0 Å². The molecule has 1 aliphatic carbocycles. The molecule has 1 saturated carbocycles. The van der Waals surface area contributed by atoms with E-state index in [1.165, 1.54) is 44.9 Å². The molecular weight excluding hydrogens is 306 g/mol. The Bertz CT molecular complexity index is 390. The van der Waals surface area contributed by atoms with Crippen LogP contribution in [0.5, 0.6) is 0 Å². The van der Waals surface area contributed by atoms with Crippen molar-refractivity contribution in [2.75, 3.05) is 26.2 Å². The fourth-order valence-corrected chi connectivity index (χ4v) is 4.94. The Morgan fingerprint density at radius 2 is 1.74 bits per heavy atom. The Morgan fingerprint density at radius 3 is 2.43 bits per heavy atom. The molecule has 3 atom stereocenters. The molecule has 0 unspecified atom stereocenters. The van der Waals surface area contributed by atoms with Crippen LogP contribution in [0.25, 0.3) is 0 Å². The molecule has 0 aromatic carbocycles. The van der Waals surface area contributed by atoms with Gasteiger partial charge < -0.3 is 15.0 Å². The fourth-order valence-electron chi connectivity index (χ4n) is 4.53. The summed E-state index contributed by atoms with van der Waals surface area (Å²) in [6.07, 6.45) is 9.92. The predicted octanol–water partition coefficient (Wildman–Crippen LogP) is 2.77. The second kappa shape index (κ2) is 8.13. The van der Waals surface area contributed by atoms with E-state index in [0.29, 0.717) is 24.3 Å². The van der Waals surface area contributed by atoms with Crippen LogP contribution in [0.2, 0.25) is 0 Å². The van der Waals surface area contributed by atoms with Gasteiger partial charge in [0.25, 0.3) is 0 Å². The van der Waals surface area contributed by atoms with Crippen LogP contribution < -0.4 is 5.32 Å². The second-order valence-electron chi connectivity index (χ2n) is 7.75. The van der Waals surface area contributed by atoms with Crippen LogP contribution in [-0.4, -0.2) is 65.4 Å². The summed E-state index contributed by atoms with van der Waals surface area (Å²) in [5, 5.41) is 4.67. The van der Waals surface area contributed by atoms with Crippen molar-refractivity contribution in [3.8, 4) is 0 Å². The number of hydrogen-bond acceptors (Lipinski definition) is 3. The monoisotopic (exact) mass is 339 g/mol. The lowest BCUT2D eigenvalue weighted by Crippen LogP contribution is -2.53. The van der Waals surface area contributed by atoms with Crippen molar-refractivity contribution in [3.63, 3.8) is 0 Å². The molecule has 5 heteroatoms. The van der Waals surface area contributed by atoms with E-state index in [0.717, 1.165) is 31.3 Å². The summed E-state index contributed by atoms with van der Waals surface area (Å²) in [7, 11) is 0. The molecular formula is C18H33N3OS. The van der Waals surface area contributed by atoms with Crippen LogP contribution >= 0.6 is 12.2 Å². The molecule has 23 heavy (non-hydrogen) atoms. The van der Waals surface area contributed by atoms with Gasteiger partial charge in [0.05, 0.1) is 12.2 Å². The molecule has 0 radical (unpaired) electrons. The van der Waals surface area contributed by atoms with Gasteiger partial charge in [0.2, 0.25) is 0 Å². The Labute approximate surface area is 146 Å². The fraction of sp³-hybridized carbons (Fsp3) is 0.944. The highest BCUT2D eigenvalue weighted by Crippen LogP contribution is 2.22. The molecule has 0 amide bonds. The highest BCUT2D eigenvalue weighted by molar-refractivity contribution is 7.80. The minimum absolute atomic E-state index is 0.348. The van der Waals surface area contributed by atoms with E-state index in [-0.39, 0.29) is 0 Å². The largest absolute Gasteiger partial charge is 0.373 e. The lowest BCUT2D eigenvalue weighted by atomic mass is 9.96. The van der Waals surface area contributed by atoms with Crippen molar-refractivity contribution in [3.05, 3.63) is 0 Å². The maximum Gasteiger partial charge on any atom is 0.169 e. The molecule has 3 rings (SSSR count). The summed E-state index contributed by atoms with van der Waals surface area (Å²) in [4.78, 5) is 5.04. The number of nitrogens with zero attached hydrogens (tertiary/aromatic N) is 2. The van der Waals surface area contributed by atoms with E-state index in [1.807, 2.05) is 0 Å². The van der Waals surface area contributed by atoms with E-state index in [1.54, 1.807) is 0 Å². The Balaban J connectivity index is 1.51. The molecule has 132 valence electrons. The lowest BCUT2D eigenvalue weighted by Gasteiger charge is -2.39. The highest BCUT2D eigenvalue weighted by atomic mass is 32.1. The van der Waals surface area contributed by atoms with Crippen LogP contribution in [0, 0.1) is 0 Å². The molecule has 0 spiro atoms. The minimum atomic E-state index is 0.348. The van der Waals surface area contributed by atoms with Gasteiger partial charge in [-0.05, 0) is 51.7 Å². The zero-order valence-corrected chi connectivity index (χ0v) is 15.6. The van der Waals surface area contributed by atoms with Crippen LogP contribution in [0.15, 0.2) is 0 Å². The van der Waals surface area contributed by atoms with Gasteiger partial charge in [-0.3, -0.25) is 4.90 Å². The maximum absolute atomic E-state index is 5.86. The standard InChI is InChI=1S/C18H33N3OS/c1-14-11-20(12-15(2)22-14)13-17-9-6-10-21(17)18(23)19-16-7-4-3-5-8-16/h14-17H,3-13H2,1-2H3,(H,19,23)/t14-,15-,17-/m1/s1. The smallest absolute Gasteiger partial charge is 0.169 e. The molecule has 3 fully saturated rings. The quantitative estimate of drug-likeness (QED) is 0.798. The van der Waals surface area contributed by atoms with Gasteiger partial charge in [-0.25, -0.2) is 0 Å². The SMILES string of the molecule is C[C@@H]1CN(C[C@H]2CCCN2C(=S)NC2CCCCC2)C[C@@H](C)O1. The van der Waals surface area contributed by atoms with Crippen LogP contribution in [0.3, 0.4) is 0 Å². The van der Waals surface area contributed by atoms with Crippen LogP contribution in [-0.2, 0) is 4.74 Å². The van der Waals surface area contributed by atoms with Gasteiger partial charge in [-0.1, -0.05) is 19.3 Å². The van der Waals surface area contributed by atoms with Crippen molar-refractivity contribution in [1.29, 1.82) is 0 Å². The van der Waals surface area contributed by atoms with E-state index in [2.05, 4.69) is 29.0 Å². The summed E-state index contributed by atoms with van der Waals surface area (Å²) in [6.45, 7) is 8.73. The molecule has 4 nitrogen and oxygen atoms in total. The van der Waals surface area contributed by atoms with E-state index in [9.17, 15) is 0 Å².